The maximum Gasteiger partial charge on any atom is 0.203 e. The molecule has 0 N–H and O–H groups in total. The maximum absolute atomic E-state index is 11.8. The molecule has 2 aliphatic rings. The van der Waals surface area contributed by atoms with Crippen molar-refractivity contribution in [3.8, 4) is 64.7 Å². The van der Waals surface area contributed by atoms with Crippen LogP contribution in [-0.2, 0) is 0 Å². The lowest BCUT2D eigenvalue weighted by Gasteiger charge is -2.24. The first-order chi connectivity index (χ1) is 34.3. The highest BCUT2D eigenvalue weighted by molar-refractivity contribution is 6.38. The summed E-state index contributed by atoms with van der Waals surface area (Å²) in [5, 5.41) is 75.2. The van der Waals surface area contributed by atoms with Crippen molar-refractivity contribution in [1.82, 2.24) is 0 Å². The van der Waals surface area contributed by atoms with Gasteiger partial charge in [0.25, 0.3) is 0 Å². The summed E-state index contributed by atoms with van der Waals surface area (Å²) in [6.45, 7) is 25.0. The molecule has 0 unspecified atom stereocenters. The van der Waals surface area contributed by atoms with E-state index in [1.165, 1.54) is 36.4 Å². The van der Waals surface area contributed by atoms with E-state index < -0.39 is 0 Å². The van der Waals surface area contributed by atoms with Gasteiger partial charge in [-0.2, -0.15) is 36.8 Å². The summed E-state index contributed by atoms with van der Waals surface area (Å²) >= 11 is 0. The topological polar surface area (TPSA) is 180 Å². The third-order valence-electron chi connectivity index (χ3n) is 12.1. The van der Waals surface area contributed by atoms with E-state index in [4.69, 9.17) is 19.7 Å². The van der Waals surface area contributed by atoms with E-state index in [0.29, 0.717) is 77.9 Å². The molecule has 0 radical (unpaired) electrons. The Morgan fingerprint density at radius 1 is 0.357 bits per heavy atom. The molecule has 70 heavy (non-hydrogen) atoms. The fraction of sp³-hybridized carbons (Fsp3) is 0. The van der Waals surface area contributed by atoms with Gasteiger partial charge in [0.2, 0.25) is 5.70 Å². The molecule has 9 rings (SSSR count). The minimum atomic E-state index is 0.00492. The second-order valence-electron chi connectivity index (χ2n) is 15.8. The predicted molar refractivity (Wildman–Crippen MR) is 265 cm³/mol. The molecule has 0 aromatic heterocycles. The third-order valence-corrected chi connectivity index (χ3v) is 12.1. The Hall–Kier alpha value is -11.6. The molecule has 10 heteroatoms. The van der Waals surface area contributed by atoms with Crippen LogP contribution in [0.3, 0.4) is 0 Å². The van der Waals surface area contributed by atoms with Crippen molar-refractivity contribution in [3.05, 3.63) is 247 Å². The van der Waals surface area contributed by atoms with Crippen molar-refractivity contribution in [2.75, 3.05) is 0 Å². The molecule has 10 nitrogen and oxygen atoms in total. The Kier molecular flexibility index (Phi) is 11.3. The fourth-order valence-corrected chi connectivity index (χ4v) is 9.28. The van der Waals surface area contributed by atoms with Gasteiger partial charge in [-0.05, 0) is 109 Å². The average molecular weight is 885 g/mol. The summed E-state index contributed by atoms with van der Waals surface area (Å²) in [6.07, 6.45) is 0. The highest BCUT2D eigenvalue weighted by Gasteiger charge is 2.44. The summed E-state index contributed by atoms with van der Waals surface area (Å²) in [7, 11) is 0. The summed E-state index contributed by atoms with van der Waals surface area (Å²) in [5.74, 6) is 0. The van der Waals surface area contributed by atoms with E-state index >= 15 is 0 Å². The Balaban J connectivity index is 1.66. The molecule has 0 heterocycles. The number of benzene rings is 7. The van der Waals surface area contributed by atoms with Gasteiger partial charge >= 0.3 is 0 Å². The zero-order valence-corrected chi connectivity index (χ0v) is 36.3. The van der Waals surface area contributed by atoms with Crippen molar-refractivity contribution in [3.63, 3.8) is 0 Å². The molecule has 7 aromatic carbocycles. The van der Waals surface area contributed by atoms with Gasteiger partial charge in [0.05, 0.1) is 83.0 Å². The smallest absolute Gasteiger partial charge is 0.203 e. The quantitative estimate of drug-likeness (QED) is 0.118. The average Bonchev–Trinajstić information content (AvgIpc) is 3.94. The molecule has 7 aromatic rings. The van der Waals surface area contributed by atoms with Crippen LogP contribution in [0.5, 0.6) is 0 Å². The van der Waals surface area contributed by atoms with Crippen LogP contribution in [0.4, 0.5) is 11.4 Å². The van der Waals surface area contributed by atoms with Crippen molar-refractivity contribution < 1.29 is 0 Å². The Bertz CT molecular complexity index is 3730. The largest absolute Gasteiger partial charge is 0.239 e. The van der Waals surface area contributed by atoms with Crippen molar-refractivity contribution >= 4 is 56.1 Å². The highest BCUT2D eigenvalue weighted by atomic mass is 14.7. The lowest BCUT2D eigenvalue weighted by molar-refractivity contribution is 1.43. The Morgan fingerprint density at radius 2 is 0.786 bits per heavy atom. The van der Waals surface area contributed by atoms with E-state index in [1.54, 1.807) is 97.1 Å². The summed E-state index contributed by atoms with van der Waals surface area (Å²) in [5.41, 5.74) is 7.02. The van der Waals surface area contributed by atoms with Crippen LogP contribution in [0, 0.1) is 99.0 Å². The summed E-state index contributed by atoms with van der Waals surface area (Å²) in [4.78, 5) is 11.5. The summed E-state index contributed by atoms with van der Waals surface area (Å²) in [6, 6.07) is 56.0. The SMILES string of the molecule is [C-]#[N+]C1=C(c2ccccc2)/C(=C(/C#N)c2cc([N+]#[C-])cc([N+]#[C-])c2)c2c1c(-c1ccc(C#N)cc1)c1c(c2-c2ccc(C#N)cc2)C(C#N)=C(c2ccccc2)/C1=C(/C#N)c1cc(C#N)cc(C#N)c1. The molecule has 0 saturated heterocycles. The van der Waals surface area contributed by atoms with Gasteiger partial charge in [-0.15, -0.1) is 0 Å². The first-order valence-electron chi connectivity index (χ1n) is 21.1. The molecule has 0 amide bonds. The molecular weight excluding hydrogens is 861 g/mol. The molecule has 0 aliphatic heterocycles. The normalized spacial score (nSPS) is 13.2. The molecule has 0 atom stereocenters. The van der Waals surface area contributed by atoms with Gasteiger partial charge < -0.3 is 0 Å². The number of nitrogens with zero attached hydrogens (tertiary/aromatic N) is 10. The molecule has 314 valence electrons. The molecule has 0 bridgehead atoms. The Morgan fingerprint density at radius 3 is 1.21 bits per heavy atom. The fourth-order valence-electron chi connectivity index (χ4n) is 9.28. The zero-order chi connectivity index (χ0) is 49.1. The predicted octanol–water partition coefficient (Wildman–Crippen LogP) is 13.7. The molecule has 0 fully saturated rings. The number of nitriles is 7. The van der Waals surface area contributed by atoms with Crippen LogP contribution in [0.25, 0.3) is 81.5 Å². The van der Waals surface area contributed by atoms with E-state index in [-0.39, 0.29) is 67.2 Å². The van der Waals surface area contributed by atoms with Gasteiger partial charge in [-0.1, -0.05) is 103 Å². The lowest BCUT2D eigenvalue weighted by Crippen LogP contribution is -2.04. The lowest BCUT2D eigenvalue weighted by atomic mass is 9.77. The van der Waals surface area contributed by atoms with Gasteiger partial charge in [-0.25, -0.2) is 14.5 Å². The zero-order valence-electron chi connectivity index (χ0n) is 36.3. The number of fused-ring (bicyclic) bond motifs is 2. The second-order valence-corrected chi connectivity index (χ2v) is 15.8. The molecule has 0 saturated carbocycles. The minimum Gasteiger partial charge on any atom is -0.239 e. The highest BCUT2D eigenvalue weighted by Crippen LogP contribution is 2.63. The summed E-state index contributed by atoms with van der Waals surface area (Å²) < 4.78 is 0. The van der Waals surface area contributed by atoms with Crippen LogP contribution in [0.1, 0.15) is 66.8 Å². The van der Waals surface area contributed by atoms with Crippen LogP contribution in [0.15, 0.2) is 146 Å². The van der Waals surface area contributed by atoms with Gasteiger partial charge in [-0.3, -0.25) is 0 Å². The number of hydrogen-bond donors (Lipinski definition) is 0. The number of allylic oxidation sites excluding steroid dienone is 7. The minimum absolute atomic E-state index is 0.00492. The second kappa shape index (κ2) is 18.1. The molecule has 0 spiro atoms. The van der Waals surface area contributed by atoms with E-state index in [9.17, 15) is 36.8 Å². The number of hydrogen-bond acceptors (Lipinski definition) is 7. The standard InChI is InChI=1S/C60H24N10/c1-68-45-25-44(26-46(27-45)69-2)48(33-66)55-53(40-12-8-5-9-13-40)60(70-3)59-52(42-20-16-36(29-62)17-21-42)57-54(47(32-65)43-23-37(30-63)22-38(24-43)31-64)50(39-10-6-4-7-11-39)49(34-67)56(57)51(58(55)59)41-18-14-35(28-61)15-19-41/h4-27H/b54-47+,55-48+. The van der Waals surface area contributed by atoms with E-state index in [2.05, 4.69) is 57.0 Å². The van der Waals surface area contributed by atoms with Crippen molar-refractivity contribution in [2.45, 2.75) is 0 Å². The van der Waals surface area contributed by atoms with E-state index in [1.807, 2.05) is 12.1 Å². The van der Waals surface area contributed by atoms with Crippen LogP contribution in [-0.4, -0.2) is 0 Å². The molecule has 2 aliphatic carbocycles. The van der Waals surface area contributed by atoms with Crippen molar-refractivity contribution in [1.29, 1.82) is 36.8 Å². The van der Waals surface area contributed by atoms with Crippen molar-refractivity contribution in [2.24, 2.45) is 0 Å². The number of rotatable bonds is 6. The third kappa shape index (κ3) is 7.08. The maximum atomic E-state index is 11.8. The first kappa shape index (κ1) is 43.6. The van der Waals surface area contributed by atoms with Crippen LogP contribution >= 0.6 is 0 Å². The van der Waals surface area contributed by atoms with Gasteiger partial charge in [0, 0.05) is 22.3 Å². The molecular formula is C60H24N10. The van der Waals surface area contributed by atoms with Crippen LogP contribution < -0.4 is 0 Å². The van der Waals surface area contributed by atoms with Gasteiger partial charge in [0.1, 0.15) is 18.2 Å². The Labute approximate surface area is 402 Å². The van der Waals surface area contributed by atoms with Crippen LogP contribution in [0.2, 0.25) is 0 Å². The monoisotopic (exact) mass is 884 g/mol. The first-order valence-corrected chi connectivity index (χ1v) is 21.1. The van der Waals surface area contributed by atoms with Gasteiger partial charge in [0.15, 0.2) is 11.4 Å². The van der Waals surface area contributed by atoms with E-state index in [0.717, 1.165) is 0 Å².